The number of hydroxylamine groups is 1. The van der Waals surface area contributed by atoms with Crippen LogP contribution < -0.4 is 11.2 Å². The Morgan fingerprint density at radius 1 is 1.55 bits per heavy atom. The van der Waals surface area contributed by atoms with Crippen LogP contribution in [-0.2, 0) is 6.54 Å². The molecule has 0 radical (unpaired) electrons. The molecule has 3 heteroatoms. The highest BCUT2D eigenvalue weighted by Gasteiger charge is 1.94. The molecule has 0 bridgehead atoms. The first kappa shape index (κ1) is 8.04. The number of aryl methyl sites for hydroxylation is 1. The highest BCUT2D eigenvalue weighted by atomic mass is 16.5. The lowest BCUT2D eigenvalue weighted by molar-refractivity contribution is 0.161. The summed E-state index contributed by atoms with van der Waals surface area (Å²) in [6.45, 7) is 2.38. The van der Waals surface area contributed by atoms with Gasteiger partial charge >= 0.3 is 0 Å². The Hall–Kier alpha value is -1.06. The minimum atomic E-state index is 0.435. The van der Waals surface area contributed by atoms with Crippen LogP contribution in [0.1, 0.15) is 11.1 Å². The fourth-order valence-electron chi connectivity index (χ4n) is 0.891. The van der Waals surface area contributed by atoms with Gasteiger partial charge in [-0.2, -0.15) is 0 Å². The lowest BCUT2D eigenvalue weighted by atomic mass is 10.1. The van der Waals surface area contributed by atoms with E-state index in [-0.39, 0.29) is 0 Å². The Labute approximate surface area is 65.8 Å². The fraction of sp³-hybridized carbons (Fsp3) is 0.250. The summed E-state index contributed by atoms with van der Waals surface area (Å²) >= 11 is 0. The number of anilines is 1. The van der Waals surface area contributed by atoms with E-state index in [1.165, 1.54) is 0 Å². The zero-order valence-corrected chi connectivity index (χ0v) is 6.46. The quantitative estimate of drug-likeness (QED) is 0.438. The lowest BCUT2D eigenvalue weighted by Gasteiger charge is -2.02. The van der Waals surface area contributed by atoms with Gasteiger partial charge in [0.25, 0.3) is 0 Å². The normalized spacial score (nSPS) is 10.0. The summed E-state index contributed by atoms with van der Waals surface area (Å²) in [5.41, 5.74) is 10.5. The largest absolute Gasteiger partial charge is 0.399 e. The van der Waals surface area contributed by atoms with Crippen molar-refractivity contribution in [3.63, 3.8) is 0 Å². The van der Waals surface area contributed by atoms with E-state index in [0.717, 1.165) is 16.8 Å². The first-order valence-corrected chi connectivity index (χ1v) is 3.46. The SMILES string of the molecule is Cc1ccc(CNO)cc1N. The highest BCUT2D eigenvalue weighted by molar-refractivity contribution is 5.48. The van der Waals surface area contributed by atoms with Crippen LogP contribution in [0.2, 0.25) is 0 Å². The molecule has 0 atom stereocenters. The van der Waals surface area contributed by atoms with Crippen molar-refractivity contribution >= 4 is 5.69 Å². The molecule has 60 valence electrons. The van der Waals surface area contributed by atoms with E-state index in [0.29, 0.717) is 6.54 Å². The van der Waals surface area contributed by atoms with Crippen LogP contribution in [0.15, 0.2) is 18.2 Å². The number of rotatable bonds is 2. The summed E-state index contributed by atoms with van der Waals surface area (Å²) in [6.07, 6.45) is 0. The zero-order chi connectivity index (χ0) is 8.27. The van der Waals surface area contributed by atoms with Gasteiger partial charge in [-0.25, -0.2) is 5.48 Å². The lowest BCUT2D eigenvalue weighted by Crippen LogP contribution is -2.06. The molecule has 0 aromatic heterocycles. The number of hydrogen-bond donors (Lipinski definition) is 3. The summed E-state index contributed by atoms with van der Waals surface area (Å²) in [5, 5.41) is 8.39. The molecule has 0 saturated heterocycles. The maximum atomic E-state index is 8.39. The van der Waals surface area contributed by atoms with Gasteiger partial charge in [0.1, 0.15) is 0 Å². The number of nitrogens with one attached hydrogen (secondary N) is 1. The molecule has 4 N–H and O–H groups in total. The van der Waals surface area contributed by atoms with Gasteiger partial charge < -0.3 is 10.9 Å². The predicted molar refractivity (Wildman–Crippen MR) is 44.2 cm³/mol. The molecule has 3 nitrogen and oxygen atoms in total. The van der Waals surface area contributed by atoms with Crippen LogP contribution in [0.4, 0.5) is 5.69 Å². The third-order valence-electron chi connectivity index (χ3n) is 1.63. The van der Waals surface area contributed by atoms with Gasteiger partial charge in [0.05, 0.1) is 0 Å². The van der Waals surface area contributed by atoms with Gasteiger partial charge in [0.15, 0.2) is 0 Å². The first-order chi connectivity index (χ1) is 5.24. The second-order valence-corrected chi connectivity index (χ2v) is 2.53. The van der Waals surface area contributed by atoms with Crippen LogP contribution in [0.5, 0.6) is 0 Å². The molecule has 0 fully saturated rings. The number of nitrogens with two attached hydrogens (primary N) is 1. The average molecular weight is 152 g/mol. The summed E-state index contributed by atoms with van der Waals surface area (Å²) in [5.74, 6) is 0. The van der Waals surface area contributed by atoms with Gasteiger partial charge in [-0.3, -0.25) is 0 Å². The Bertz CT molecular complexity index is 248. The van der Waals surface area contributed by atoms with E-state index >= 15 is 0 Å². The molecule has 0 heterocycles. The van der Waals surface area contributed by atoms with E-state index in [1.54, 1.807) is 0 Å². The molecule has 1 aromatic rings. The van der Waals surface area contributed by atoms with Gasteiger partial charge in [0.2, 0.25) is 0 Å². The molecular weight excluding hydrogens is 140 g/mol. The van der Waals surface area contributed by atoms with Crippen molar-refractivity contribution in [3.8, 4) is 0 Å². The third-order valence-corrected chi connectivity index (χ3v) is 1.63. The van der Waals surface area contributed by atoms with Crippen molar-refractivity contribution in [2.75, 3.05) is 5.73 Å². The van der Waals surface area contributed by atoms with Gasteiger partial charge in [-0.05, 0) is 24.1 Å². The summed E-state index contributed by atoms with van der Waals surface area (Å²) < 4.78 is 0. The molecule has 0 aliphatic carbocycles. The van der Waals surface area contributed by atoms with Crippen LogP contribution in [0.25, 0.3) is 0 Å². The Balaban J connectivity index is 2.86. The molecule has 0 aliphatic rings. The maximum Gasteiger partial charge on any atom is 0.0458 e. The van der Waals surface area contributed by atoms with Crippen molar-refractivity contribution in [3.05, 3.63) is 29.3 Å². The minimum Gasteiger partial charge on any atom is -0.399 e. The van der Waals surface area contributed by atoms with E-state index in [2.05, 4.69) is 5.48 Å². The second-order valence-electron chi connectivity index (χ2n) is 2.53. The number of benzene rings is 1. The number of hydrogen-bond acceptors (Lipinski definition) is 3. The first-order valence-electron chi connectivity index (χ1n) is 3.46. The molecule has 11 heavy (non-hydrogen) atoms. The molecule has 0 spiro atoms. The average Bonchev–Trinajstić information content (AvgIpc) is 1.98. The van der Waals surface area contributed by atoms with Crippen molar-refractivity contribution in [1.82, 2.24) is 5.48 Å². The highest BCUT2D eigenvalue weighted by Crippen LogP contribution is 2.12. The summed E-state index contributed by atoms with van der Waals surface area (Å²) in [6, 6.07) is 5.70. The molecule has 0 unspecified atom stereocenters. The van der Waals surface area contributed by atoms with Crippen molar-refractivity contribution in [1.29, 1.82) is 0 Å². The second kappa shape index (κ2) is 3.37. The van der Waals surface area contributed by atoms with Crippen molar-refractivity contribution in [2.24, 2.45) is 0 Å². The van der Waals surface area contributed by atoms with Crippen molar-refractivity contribution < 1.29 is 5.21 Å². The van der Waals surface area contributed by atoms with Crippen LogP contribution in [0.3, 0.4) is 0 Å². The van der Waals surface area contributed by atoms with Crippen LogP contribution >= 0.6 is 0 Å². The Morgan fingerprint density at radius 2 is 2.27 bits per heavy atom. The third kappa shape index (κ3) is 1.93. The van der Waals surface area contributed by atoms with Crippen LogP contribution in [-0.4, -0.2) is 5.21 Å². The van der Waals surface area contributed by atoms with Crippen LogP contribution in [0, 0.1) is 6.92 Å². The molecule has 1 rings (SSSR count). The summed E-state index contributed by atoms with van der Waals surface area (Å²) in [4.78, 5) is 0. The maximum absolute atomic E-state index is 8.39. The van der Waals surface area contributed by atoms with Gasteiger partial charge in [-0.15, -0.1) is 0 Å². The standard InChI is InChI=1S/C8H12N2O/c1-6-2-3-7(5-10-11)4-8(6)9/h2-4,10-11H,5,9H2,1H3. The van der Waals surface area contributed by atoms with Gasteiger partial charge in [-0.1, -0.05) is 12.1 Å². The monoisotopic (exact) mass is 152 g/mol. The molecule has 0 saturated carbocycles. The topological polar surface area (TPSA) is 58.3 Å². The Kier molecular flexibility index (Phi) is 2.46. The summed E-state index contributed by atoms with van der Waals surface area (Å²) in [7, 11) is 0. The number of nitrogen functional groups attached to an aromatic ring is 1. The smallest absolute Gasteiger partial charge is 0.0458 e. The van der Waals surface area contributed by atoms with Gasteiger partial charge in [0, 0.05) is 12.2 Å². The predicted octanol–water partition coefficient (Wildman–Crippen LogP) is 1.06. The van der Waals surface area contributed by atoms with Crippen molar-refractivity contribution in [2.45, 2.75) is 13.5 Å². The fourth-order valence-corrected chi connectivity index (χ4v) is 0.891. The van der Waals surface area contributed by atoms with E-state index < -0.39 is 0 Å². The molecular formula is C8H12N2O. The minimum absolute atomic E-state index is 0.435. The zero-order valence-electron chi connectivity index (χ0n) is 6.46. The molecule has 0 aliphatic heterocycles. The Morgan fingerprint density at radius 3 is 2.82 bits per heavy atom. The van der Waals surface area contributed by atoms with E-state index in [9.17, 15) is 0 Å². The molecule has 1 aromatic carbocycles. The van der Waals surface area contributed by atoms with E-state index in [1.807, 2.05) is 25.1 Å². The molecule has 0 amide bonds. The van der Waals surface area contributed by atoms with E-state index in [4.69, 9.17) is 10.9 Å².